The first-order valence-electron chi connectivity index (χ1n) is 8.09. The zero-order valence-electron chi connectivity index (χ0n) is 13.7. The van der Waals surface area contributed by atoms with Crippen molar-refractivity contribution in [3.8, 4) is 0 Å². The molecule has 1 atom stereocenters. The summed E-state index contributed by atoms with van der Waals surface area (Å²) < 4.78 is 1.30. The minimum Gasteiger partial charge on any atom is -0.369 e. The molecule has 7 heteroatoms. The van der Waals surface area contributed by atoms with Crippen LogP contribution in [0.4, 0.5) is 5.69 Å². The number of anilines is 1. The maximum absolute atomic E-state index is 12.4. The standard InChI is InChI=1S/C17H21N5O2/c1-21-16(23)9-15(11-20-21)22-8-4-5-13(12-22)17(24)19-10-14-6-2-3-7-18-14/h2-3,6-7,9,11,13H,4-5,8,10,12H2,1H3,(H,19,24). The summed E-state index contributed by atoms with van der Waals surface area (Å²) in [5.74, 6) is -0.0614. The predicted molar refractivity (Wildman–Crippen MR) is 90.5 cm³/mol. The first kappa shape index (κ1) is 16.2. The van der Waals surface area contributed by atoms with E-state index >= 15 is 0 Å². The number of aryl methyl sites for hydroxylation is 1. The van der Waals surface area contributed by atoms with Crippen molar-refractivity contribution in [2.45, 2.75) is 19.4 Å². The van der Waals surface area contributed by atoms with Gasteiger partial charge in [0.15, 0.2) is 0 Å². The van der Waals surface area contributed by atoms with Crippen LogP contribution >= 0.6 is 0 Å². The van der Waals surface area contributed by atoms with Gasteiger partial charge in [0.1, 0.15) is 0 Å². The van der Waals surface area contributed by atoms with Crippen molar-refractivity contribution in [3.05, 3.63) is 52.7 Å². The Morgan fingerprint density at radius 3 is 3.04 bits per heavy atom. The van der Waals surface area contributed by atoms with E-state index in [1.54, 1.807) is 25.5 Å². The number of amides is 1. The normalized spacial score (nSPS) is 17.5. The summed E-state index contributed by atoms with van der Waals surface area (Å²) in [7, 11) is 1.62. The van der Waals surface area contributed by atoms with Gasteiger partial charge < -0.3 is 10.2 Å². The van der Waals surface area contributed by atoms with Crippen LogP contribution in [0.5, 0.6) is 0 Å². The van der Waals surface area contributed by atoms with Crippen LogP contribution in [-0.4, -0.2) is 33.8 Å². The summed E-state index contributed by atoms with van der Waals surface area (Å²) in [5.41, 5.74) is 1.48. The van der Waals surface area contributed by atoms with Crippen molar-refractivity contribution >= 4 is 11.6 Å². The molecule has 1 aliphatic rings. The molecule has 3 rings (SSSR count). The summed E-state index contributed by atoms with van der Waals surface area (Å²) in [6, 6.07) is 7.21. The molecule has 1 N–H and O–H groups in total. The Balaban J connectivity index is 1.61. The fourth-order valence-corrected chi connectivity index (χ4v) is 2.88. The van der Waals surface area contributed by atoms with Gasteiger partial charge in [0.05, 0.1) is 30.0 Å². The SMILES string of the molecule is Cn1ncc(N2CCCC(C(=O)NCc3ccccn3)C2)cc1=O. The molecule has 0 saturated carbocycles. The number of carbonyl (C=O) groups is 1. The van der Waals surface area contributed by atoms with Crippen LogP contribution in [0, 0.1) is 5.92 Å². The van der Waals surface area contributed by atoms with E-state index in [2.05, 4.69) is 20.3 Å². The lowest BCUT2D eigenvalue weighted by atomic mass is 9.97. The van der Waals surface area contributed by atoms with Crippen molar-refractivity contribution in [1.82, 2.24) is 20.1 Å². The summed E-state index contributed by atoms with van der Waals surface area (Å²) in [6.45, 7) is 1.87. The second-order valence-electron chi connectivity index (χ2n) is 6.00. The van der Waals surface area contributed by atoms with Crippen molar-refractivity contribution in [2.24, 2.45) is 13.0 Å². The van der Waals surface area contributed by atoms with Crippen LogP contribution in [0.1, 0.15) is 18.5 Å². The fourth-order valence-electron chi connectivity index (χ4n) is 2.88. The number of hydrogen-bond donors (Lipinski definition) is 1. The molecule has 24 heavy (non-hydrogen) atoms. The lowest BCUT2D eigenvalue weighted by Gasteiger charge is -2.33. The Morgan fingerprint density at radius 1 is 1.42 bits per heavy atom. The first-order chi connectivity index (χ1) is 11.6. The Morgan fingerprint density at radius 2 is 2.29 bits per heavy atom. The van der Waals surface area contributed by atoms with Crippen LogP contribution < -0.4 is 15.8 Å². The van der Waals surface area contributed by atoms with Gasteiger partial charge in [-0.2, -0.15) is 5.10 Å². The quantitative estimate of drug-likeness (QED) is 0.894. The molecule has 1 fully saturated rings. The Bertz CT molecular complexity index is 759. The van der Waals surface area contributed by atoms with Crippen molar-refractivity contribution < 1.29 is 4.79 Å². The van der Waals surface area contributed by atoms with Gasteiger partial charge in [0.25, 0.3) is 5.56 Å². The van der Waals surface area contributed by atoms with E-state index in [9.17, 15) is 9.59 Å². The van der Waals surface area contributed by atoms with E-state index in [-0.39, 0.29) is 17.4 Å². The number of hydrogen-bond acceptors (Lipinski definition) is 5. The van der Waals surface area contributed by atoms with E-state index in [0.717, 1.165) is 30.8 Å². The molecule has 0 aromatic carbocycles. The van der Waals surface area contributed by atoms with Crippen molar-refractivity contribution in [1.29, 1.82) is 0 Å². The zero-order valence-corrected chi connectivity index (χ0v) is 13.7. The molecule has 0 bridgehead atoms. The number of aromatic nitrogens is 3. The molecule has 7 nitrogen and oxygen atoms in total. The second kappa shape index (κ2) is 7.25. The zero-order chi connectivity index (χ0) is 16.9. The third-order valence-corrected chi connectivity index (χ3v) is 4.28. The summed E-state index contributed by atoms with van der Waals surface area (Å²) in [6.07, 6.45) is 5.15. The molecule has 0 aliphatic carbocycles. The van der Waals surface area contributed by atoms with Gasteiger partial charge >= 0.3 is 0 Å². The fraction of sp³-hybridized carbons (Fsp3) is 0.412. The summed E-state index contributed by atoms with van der Waals surface area (Å²) in [5, 5.41) is 7.01. The highest BCUT2D eigenvalue weighted by atomic mass is 16.2. The highest BCUT2D eigenvalue weighted by Crippen LogP contribution is 2.21. The molecule has 0 radical (unpaired) electrons. The number of rotatable bonds is 4. The molecule has 1 amide bonds. The highest BCUT2D eigenvalue weighted by Gasteiger charge is 2.26. The number of nitrogens with zero attached hydrogens (tertiary/aromatic N) is 4. The molecule has 2 aromatic rings. The monoisotopic (exact) mass is 327 g/mol. The van der Waals surface area contributed by atoms with Gasteiger partial charge in [0, 0.05) is 32.4 Å². The van der Waals surface area contributed by atoms with E-state index in [0.29, 0.717) is 13.1 Å². The minimum absolute atomic E-state index is 0.0298. The first-order valence-corrected chi connectivity index (χ1v) is 8.09. The Hall–Kier alpha value is -2.70. The lowest BCUT2D eigenvalue weighted by Crippen LogP contribution is -2.43. The maximum atomic E-state index is 12.4. The third-order valence-electron chi connectivity index (χ3n) is 4.28. The predicted octanol–water partition coefficient (Wildman–Crippen LogP) is 0.708. The molecular weight excluding hydrogens is 306 g/mol. The van der Waals surface area contributed by atoms with Crippen LogP contribution in [0.15, 0.2) is 41.5 Å². The van der Waals surface area contributed by atoms with Crippen molar-refractivity contribution in [3.63, 3.8) is 0 Å². The topological polar surface area (TPSA) is 80.1 Å². The number of piperidine rings is 1. The smallest absolute Gasteiger partial charge is 0.268 e. The molecule has 0 spiro atoms. The maximum Gasteiger partial charge on any atom is 0.268 e. The van der Waals surface area contributed by atoms with Crippen LogP contribution in [0.3, 0.4) is 0 Å². The molecule has 3 heterocycles. The van der Waals surface area contributed by atoms with Crippen LogP contribution in [0.2, 0.25) is 0 Å². The van der Waals surface area contributed by atoms with Crippen LogP contribution in [0.25, 0.3) is 0 Å². The van der Waals surface area contributed by atoms with Gasteiger partial charge in [-0.15, -0.1) is 0 Å². The molecular formula is C17H21N5O2. The third kappa shape index (κ3) is 3.79. The van der Waals surface area contributed by atoms with Crippen molar-refractivity contribution in [2.75, 3.05) is 18.0 Å². The van der Waals surface area contributed by atoms with Crippen LogP contribution in [-0.2, 0) is 18.4 Å². The number of carbonyl (C=O) groups excluding carboxylic acids is 1. The molecule has 1 saturated heterocycles. The van der Waals surface area contributed by atoms with Gasteiger partial charge in [-0.1, -0.05) is 6.07 Å². The van der Waals surface area contributed by atoms with E-state index in [1.807, 2.05) is 18.2 Å². The van der Waals surface area contributed by atoms with E-state index in [4.69, 9.17) is 0 Å². The van der Waals surface area contributed by atoms with Gasteiger partial charge in [0.2, 0.25) is 5.91 Å². The molecule has 126 valence electrons. The van der Waals surface area contributed by atoms with E-state index in [1.165, 1.54) is 4.68 Å². The largest absolute Gasteiger partial charge is 0.369 e. The van der Waals surface area contributed by atoms with E-state index < -0.39 is 0 Å². The Labute approximate surface area is 140 Å². The Kier molecular flexibility index (Phi) is 4.88. The number of pyridine rings is 1. The van der Waals surface area contributed by atoms with Gasteiger partial charge in [-0.05, 0) is 25.0 Å². The summed E-state index contributed by atoms with van der Waals surface area (Å²) in [4.78, 5) is 30.4. The molecule has 1 unspecified atom stereocenters. The lowest BCUT2D eigenvalue weighted by molar-refractivity contribution is -0.125. The average molecular weight is 327 g/mol. The second-order valence-corrected chi connectivity index (χ2v) is 6.00. The highest BCUT2D eigenvalue weighted by molar-refractivity contribution is 5.79. The summed E-state index contributed by atoms with van der Waals surface area (Å²) >= 11 is 0. The average Bonchev–Trinajstić information content (AvgIpc) is 2.63. The van der Waals surface area contributed by atoms with Gasteiger partial charge in [-0.25, -0.2) is 4.68 Å². The molecule has 2 aromatic heterocycles. The minimum atomic E-state index is -0.144. The molecule has 1 aliphatic heterocycles. The number of nitrogens with one attached hydrogen (secondary N) is 1. The van der Waals surface area contributed by atoms with Gasteiger partial charge in [-0.3, -0.25) is 14.6 Å².